The number of aromatic carboxylic acids is 1. The largest absolute Gasteiger partial charge is 0.478 e. The van der Waals surface area contributed by atoms with Crippen molar-refractivity contribution in [3.63, 3.8) is 0 Å². The molecule has 0 aliphatic heterocycles. The monoisotopic (exact) mass is 256 g/mol. The standard InChI is InChI=1S/C13H8N2O2S/c14-7-10-4-5-15-8-12(10)18-11-3-1-2-9(6-11)13(16)17/h1-6,8H,(H,16,17). The first-order chi connectivity index (χ1) is 8.70. The second-order valence-electron chi connectivity index (χ2n) is 3.42. The zero-order valence-corrected chi connectivity index (χ0v) is 10.0. The van der Waals surface area contributed by atoms with E-state index in [-0.39, 0.29) is 5.56 Å². The number of carbonyl (C=O) groups is 1. The highest BCUT2D eigenvalue weighted by Crippen LogP contribution is 2.29. The molecule has 1 N–H and O–H groups in total. The number of pyridine rings is 1. The molecule has 0 saturated heterocycles. The van der Waals surface area contributed by atoms with Gasteiger partial charge in [0.1, 0.15) is 6.07 Å². The van der Waals surface area contributed by atoms with Gasteiger partial charge in [-0.15, -0.1) is 0 Å². The first kappa shape index (κ1) is 12.1. The third kappa shape index (κ3) is 2.67. The van der Waals surface area contributed by atoms with Gasteiger partial charge in [0.15, 0.2) is 0 Å². The maximum absolute atomic E-state index is 10.9. The van der Waals surface area contributed by atoms with Crippen LogP contribution in [0, 0.1) is 11.3 Å². The molecule has 0 aliphatic rings. The molecule has 0 atom stereocenters. The minimum atomic E-state index is -0.968. The summed E-state index contributed by atoms with van der Waals surface area (Å²) in [5.74, 6) is -0.968. The van der Waals surface area contributed by atoms with Gasteiger partial charge in [-0.2, -0.15) is 5.26 Å². The van der Waals surface area contributed by atoms with Crippen LogP contribution in [0.4, 0.5) is 0 Å². The van der Waals surface area contributed by atoms with Gasteiger partial charge < -0.3 is 5.11 Å². The van der Waals surface area contributed by atoms with E-state index in [0.29, 0.717) is 10.5 Å². The molecule has 0 aliphatic carbocycles. The molecule has 5 heteroatoms. The van der Waals surface area contributed by atoms with E-state index in [2.05, 4.69) is 11.1 Å². The van der Waals surface area contributed by atoms with Gasteiger partial charge in [-0.1, -0.05) is 17.8 Å². The summed E-state index contributed by atoms with van der Waals surface area (Å²) in [5, 5.41) is 17.9. The van der Waals surface area contributed by atoms with E-state index < -0.39 is 5.97 Å². The van der Waals surface area contributed by atoms with Crippen molar-refractivity contribution < 1.29 is 9.90 Å². The van der Waals surface area contributed by atoms with Crippen LogP contribution in [0.3, 0.4) is 0 Å². The summed E-state index contributed by atoms with van der Waals surface area (Å²) in [6.45, 7) is 0. The number of nitrogens with zero attached hydrogens (tertiary/aromatic N) is 2. The number of carboxylic acids is 1. The van der Waals surface area contributed by atoms with E-state index in [1.807, 2.05) is 0 Å². The summed E-state index contributed by atoms with van der Waals surface area (Å²) in [5.41, 5.74) is 0.748. The molecule has 0 bridgehead atoms. The SMILES string of the molecule is N#Cc1ccncc1Sc1cccc(C(=O)O)c1. The second kappa shape index (κ2) is 5.34. The Bertz CT molecular complexity index is 635. The first-order valence-corrected chi connectivity index (χ1v) is 5.87. The van der Waals surface area contributed by atoms with Crippen molar-refractivity contribution in [3.8, 4) is 6.07 Å². The van der Waals surface area contributed by atoms with Crippen molar-refractivity contribution in [2.75, 3.05) is 0 Å². The molecule has 0 amide bonds. The number of hydrogen-bond acceptors (Lipinski definition) is 4. The highest BCUT2D eigenvalue weighted by atomic mass is 32.2. The van der Waals surface area contributed by atoms with E-state index in [4.69, 9.17) is 10.4 Å². The molecule has 1 heterocycles. The van der Waals surface area contributed by atoms with E-state index >= 15 is 0 Å². The van der Waals surface area contributed by atoms with E-state index in [0.717, 1.165) is 4.90 Å². The maximum Gasteiger partial charge on any atom is 0.335 e. The molecule has 2 aromatic rings. The van der Waals surface area contributed by atoms with Gasteiger partial charge in [0.2, 0.25) is 0 Å². The number of aromatic nitrogens is 1. The van der Waals surface area contributed by atoms with Crippen molar-refractivity contribution in [1.82, 2.24) is 4.98 Å². The molecule has 0 fully saturated rings. The average molecular weight is 256 g/mol. The summed E-state index contributed by atoms with van der Waals surface area (Å²) in [7, 11) is 0. The summed E-state index contributed by atoms with van der Waals surface area (Å²) in [6, 6.07) is 10.3. The van der Waals surface area contributed by atoms with E-state index in [9.17, 15) is 4.79 Å². The van der Waals surface area contributed by atoms with Crippen molar-refractivity contribution in [1.29, 1.82) is 5.26 Å². The Labute approximate surface area is 108 Å². The van der Waals surface area contributed by atoms with Crippen molar-refractivity contribution in [3.05, 3.63) is 53.9 Å². The Morgan fingerprint density at radius 1 is 1.39 bits per heavy atom. The van der Waals surface area contributed by atoms with Crippen molar-refractivity contribution in [2.45, 2.75) is 9.79 Å². The molecule has 18 heavy (non-hydrogen) atoms. The van der Waals surface area contributed by atoms with Gasteiger partial charge in [0, 0.05) is 22.2 Å². The number of hydrogen-bond donors (Lipinski definition) is 1. The number of rotatable bonds is 3. The summed E-state index contributed by atoms with van der Waals surface area (Å²) >= 11 is 1.32. The maximum atomic E-state index is 10.9. The second-order valence-corrected chi connectivity index (χ2v) is 4.53. The lowest BCUT2D eigenvalue weighted by molar-refractivity contribution is 0.0696. The number of carboxylic acid groups (broad SMARTS) is 1. The van der Waals surface area contributed by atoms with Gasteiger partial charge in [-0.3, -0.25) is 4.98 Å². The smallest absolute Gasteiger partial charge is 0.335 e. The molecule has 0 radical (unpaired) electrons. The Morgan fingerprint density at radius 3 is 2.94 bits per heavy atom. The fraction of sp³-hybridized carbons (Fsp3) is 0. The average Bonchev–Trinajstić information content (AvgIpc) is 2.39. The molecular weight excluding hydrogens is 248 g/mol. The van der Waals surface area contributed by atoms with Crippen LogP contribution in [0.15, 0.2) is 52.5 Å². The van der Waals surface area contributed by atoms with Crippen LogP contribution in [0.25, 0.3) is 0 Å². The molecule has 4 nitrogen and oxygen atoms in total. The highest BCUT2D eigenvalue weighted by Gasteiger charge is 2.07. The summed E-state index contributed by atoms with van der Waals surface area (Å²) in [6.07, 6.45) is 3.15. The highest BCUT2D eigenvalue weighted by molar-refractivity contribution is 7.99. The molecule has 2 rings (SSSR count). The first-order valence-electron chi connectivity index (χ1n) is 5.06. The topological polar surface area (TPSA) is 74.0 Å². The summed E-state index contributed by atoms with van der Waals surface area (Å²) in [4.78, 5) is 16.3. The Kier molecular flexibility index (Phi) is 3.60. The van der Waals surface area contributed by atoms with Crippen LogP contribution < -0.4 is 0 Å². The van der Waals surface area contributed by atoms with Gasteiger partial charge in [-0.25, -0.2) is 4.79 Å². The van der Waals surface area contributed by atoms with Crippen LogP contribution >= 0.6 is 11.8 Å². The van der Waals surface area contributed by atoms with Crippen LogP contribution in [-0.2, 0) is 0 Å². The van der Waals surface area contributed by atoms with E-state index in [1.165, 1.54) is 17.8 Å². The van der Waals surface area contributed by atoms with Crippen molar-refractivity contribution >= 4 is 17.7 Å². The molecule has 88 valence electrons. The lowest BCUT2D eigenvalue weighted by atomic mass is 10.2. The fourth-order valence-electron chi connectivity index (χ4n) is 1.37. The third-order valence-corrected chi connectivity index (χ3v) is 3.25. The van der Waals surface area contributed by atoms with Crippen molar-refractivity contribution in [2.24, 2.45) is 0 Å². The third-order valence-electron chi connectivity index (χ3n) is 2.21. The molecule has 0 spiro atoms. The van der Waals surface area contributed by atoms with Crippen LogP contribution in [0.2, 0.25) is 0 Å². The lowest BCUT2D eigenvalue weighted by Gasteiger charge is -2.03. The summed E-state index contributed by atoms with van der Waals surface area (Å²) < 4.78 is 0. The van der Waals surface area contributed by atoms with Gasteiger partial charge in [0.05, 0.1) is 11.1 Å². The Morgan fingerprint density at radius 2 is 2.22 bits per heavy atom. The minimum absolute atomic E-state index is 0.224. The quantitative estimate of drug-likeness (QED) is 0.914. The number of benzene rings is 1. The Balaban J connectivity index is 2.32. The fourth-order valence-corrected chi connectivity index (χ4v) is 2.30. The molecule has 1 aromatic carbocycles. The zero-order chi connectivity index (χ0) is 13.0. The molecule has 0 unspecified atom stereocenters. The molecule has 0 saturated carbocycles. The number of nitriles is 1. The van der Waals surface area contributed by atoms with Gasteiger partial charge in [0.25, 0.3) is 0 Å². The predicted octanol–water partition coefficient (Wildman–Crippen LogP) is 2.80. The van der Waals surface area contributed by atoms with E-state index in [1.54, 1.807) is 36.7 Å². The lowest BCUT2D eigenvalue weighted by Crippen LogP contribution is -1.95. The minimum Gasteiger partial charge on any atom is -0.478 e. The zero-order valence-electron chi connectivity index (χ0n) is 9.20. The Hall–Kier alpha value is -2.32. The van der Waals surface area contributed by atoms with Gasteiger partial charge >= 0.3 is 5.97 Å². The normalized spacial score (nSPS) is 9.72. The van der Waals surface area contributed by atoms with Gasteiger partial charge in [-0.05, 0) is 24.3 Å². The van der Waals surface area contributed by atoms with Crippen LogP contribution in [0.1, 0.15) is 15.9 Å². The molecule has 1 aromatic heterocycles. The van der Waals surface area contributed by atoms with Crippen LogP contribution in [-0.4, -0.2) is 16.1 Å². The molecular formula is C13H8N2O2S. The predicted molar refractivity (Wildman–Crippen MR) is 66.5 cm³/mol. The van der Waals surface area contributed by atoms with Crippen LogP contribution in [0.5, 0.6) is 0 Å².